The van der Waals surface area contributed by atoms with Crippen molar-refractivity contribution in [3.63, 3.8) is 0 Å². The largest absolute Gasteiger partial charge is 0.507 e. The van der Waals surface area contributed by atoms with E-state index in [1.807, 2.05) is 6.07 Å². The Morgan fingerprint density at radius 3 is 1.78 bits per heavy atom. The lowest BCUT2D eigenvalue weighted by molar-refractivity contribution is 0.288. The summed E-state index contributed by atoms with van der Waals surface area (Å²) in [6.45, 7) is 9.37. The number of hydrogen-bond acceptors (Lipinski definition) is 3. The SMILES string of the molecule is CC1(C)c2cccc3c4cccc(O)c4c4nc(-n5c6ccccc6c6ccc(-n7c8ccccc8c8ccccc87)nc65)c(n4c23)C1(C)C. The number of pyridine rings is 2. The molecule has 1 N–H and O–H groups in total. The molecule has 5 aromatic heterocycles. The van der Waals surface area contributed by atoms with Crippen LogP contribution in [0, 0.1) is 0 Å². The third-order valence-corrected chi connectivity index (χ3v) is 12.0. The summed E-state index contributed by atoms with van der Waals surface area (Å²) in [7, 11) is 0. The molecule has 0 saturated heterocycles. The smallest absolute Gasteiger partial charge is 0.162 e. The molecule has 50 heavy (non-hydrogen) atoms. The quantitative estimate of drug-likeness (QED) is 0.190. The van der Waals surface area contributed by atoms with Crippen LogP contribution < -0.4 is 0 Å². The van der Waals surface area contributed by atoms with Crippen LogP contribution in [0.4, 0.5) is 0 Å². The Balaban J connectivity index is 1.34. The van der Waals surface area contributed by atoms with Gasteiger partial charge in [0.05, 0.1) is 33.1 Å². The maximum Gasteiger partial charge on any atom is 0.162 e. The summed E-state index contributed by atoms with van der Waals surface area (Å²) in [6, 6.07) is 42.4. The predicted molar refractivity (Wildman–Crippen MR) is 204 cm³/mol. The fraction of sp³-hybridized carbons (Fsp3) is 0.136. The first kappa shape index (κ1) is 27.8. The van der Waals surface area contributed by atoms with E-state index in [2.05, 4.69) is 150 Å². The zero-order valence-electron chi connectivity index (χ0n) is 28.2. The number of rotatable bonds is 2. The minimum atomic E-state index is -0.358. The Kier molecular flexibility index (Phi) is 5.05. The van der Waals surface area contributed by atoms with Gasteiger partial charge in [0.25, 0.3) is 0 Å². The minimum Gasteiger partial charge on any atom is -0.507 e. The van der Waals surface area contributed by atoms with Gasteiger partial charge in [-0.05, 0) is 47.3 Å². The fourth-order valence-electron chi connectivity index (χ4n) is 8.99. The Morgan fingerprint density at radius 1 is 0.500 bits per heavy atom. The number of benzene rings is 5. The predicted octanol–water partition coefficient (Wildman–Crippen LogP) is 10.5. The van der Waals surface area contributed by atoms with Gasteiger partial charge in [-0.1, -0.05) is 113 Å². The molecule has 6 heteroatoms. The number of hydrogen-bond donors (Lipinski definition) is 1. The lowest BCUT2D eigenvalue weighted by Crippen LogP contribution is -2.44. The average Bonchev–Trinajstić information content (AvgIpc) is 3.79. The Morgan fingerprint density at radius 2 is 1.08 bits per heavy atom. The second-order valence-corrected chi connectivity index (χ2v) is 14.9. The lowest BCUT2D eigenvalue weighted by Gasteiger charge is -2.46. The summed E-state index contributed by atoms with van der Waals surface area (Å²) < 4.78 is 6.89. The van der Waals surface area contributed by atoms with E-state index in [1.165, 1.54) is 16.3 Å². The van der Waals surface area contributed by atoms with Crippen LogP contribution in [0.25, 0.3) is 82.7 Å². The first-order chi connectivity index (χ1) is 24.3. The van der Waals surface area contributed by atoms with Crippen LogP contribution in [-0.2, 0) is 10.8 Å². The highest BCUT2D eigenvalue weighted by molar-refractivity contribution is 6.16. The van der Waals surface area contributed by atoms with Crippen molar-refractivity contribution in [2.24, 2.45) is 0 Å². The van der Waals surface area contributed by atoms with Crippen molar-refractivity contribution in [3.8, 4) is 17.4 Å². The molecular formula is C44H33N5O. The summed E-state index contributed by atoms with van der Waals surface area (Å²) in [6.07, 6.45) is 0. The molecule has 0 fully saturated rings. The lowest BCUT2D eigenvalue weighted by atomic mass is 9.60. The molecule has 0 atom stereocenters. The van der Waals surface area contributed by atoms with Gasteiger partial charge in [0, 0.05) is 37.8 Å². The van der Waals surface area contributed by atoms with E-state index in [9.17, 15) is 5.11 Å². The Hall–Kier alpha value is -6.14. The highest BCUT2D eigenvalue weighted by atomic mass is 16.3. The van der Waals surface area contributed by atoms with Gasteiger partial charge < -0.3 is 5.11 Å². The normalized spacial score (nSPS) is 15.2. The molecule has 5 aromatic carbocycles. The van der Waals surface area contributed by atoms with Crippen molar-refractivity contribution < 1.29 is 5.11 Å². The van der Waals surface area contributed by atoms with E-state index in [-0.39, 0.29) is 16.6 Å². The van der Waals surface area contributed by atoms with Gasteiger partial charge in [0.1, 0.15) is 17.2 Å². The highest BCUT2D eigenvalue weighted by Crippen LogP contribution is 2.54. The summed E-state index contributed by atoms with van der Waals surface area (Å²) in [5.41, 5.74) is 7.84. The molecule has 1 aliphatic heterocycles. The molecule has 240 valence electrons. The minimum absolute atomic E-state index is 0.231. The van der Waals surface area contributed by atoms with Gasteiger partial charge >= 0.3 is 0 Å². The average molecular weight is 648 g/mol. The van der Waals surface area contributed by atoms with Gasteiger partial charge in [-0.25, -0.2) is 9.97 Å². The van der Waals surface area contributed by atoms with E-state index < -0.39 is 0 Å². The van der Waals surface area contributed by atoms with Crippen LogP contribution >= 0.6 is 0 Å². The first-order valence-electron chi connectivity index (χ1n) is 17.3. The molecule has 0 bridgehead atoms. The van der Waals surface area contributed by atoms with E-state index in [0.29, 0.717) is 0 Å². The van der Waals surface area contributed by atoms with Gasteiger partial charge in [0.2, 0.25) is 0 Å². The molecule has 0 radical (unpaired) electrons. The standard InChI is InChI=1S/C44H33N5O/c1-43(2)31-18-11-17-29-28-16-12-22-35(50)37(28)41-46-42(39(44(43,3)4)49(41)38(29)31)48-34-21-10-7-15-27(34)30-23-24-36(45-40(30)48)47-32-19-8-5-13-25(32)26-14-6-9-20-33(26)47/h5-24,50H,1-4H3. The van der Waals surface area contributed by atoms with Crippen LogP contribution in [0.3, 0.4) is 0 Å². The molecule has 10 aromatic rings. The number of phenolic OH excluding ortho intramolecular Hbond substituents is 1. The molecule has 6 heterocycles. The second-order valence-electron chi connectivity index (χ2n) is 14.9. The Bertz CT molecular complexity index is 3060. The van der Waals surface area contributed by atoms with Crippen LogP contribution in [0.15, 0.2) is 121 Å². The number of phenols is 1. The molecule has 0 saturated carbocycles. The third-order valence-electron chi connectivity index (χ3n) is 12.0. The molecule has 0 aliphatic carbocycles. The van der Waals surface area contributed by atoms with Gasteiger partial charge in [-0.3, -0.25) is 13.5 Å². The summed E-state index contributed by atoms with van der Waals surface area (Å²) in [4.78, 5) is 11.1. The third kappa shape index (κ3) is 3.15. The van der Waals surface area contributed by atoms with Crippen molar-refractivity contribution in [1.82, 2.24) is 23.5 Å². The van der Waals surface area contributed by atoms with Crippen molar-refractivity contribution >= 4 is 71.1 Å². The van der Waals surface area contributed by atoms with Gasteiger partial charge in [-0.2, -0.15) is 0 Å². The van der Waals surface area contributed by atoms with Crippen molar-refractivity contribution in [2.45, 2.75) is 38.5 Å². The summed E-state index contributed by atoms with van der Waals surface area (Å²) >= 11 is 0. The van der Waals surface area contributed by atoms with Gasteiger partial charge in [0.15, 0.2) is 11.5 Å². The Labute approximate surface area is 287 Å². The molecule has 0 spiro atoms. The second kappa shape index (κ2) is 9.10. The van der Waals surface area contributed by atoms with Crippen LogP contribution in [0.1, 0.15) is 39.0 Å². The molecular weight excluding hydrogens is 615 g/mol. The monoisotopic (exact) mass is 647 g/mol. The van der Waals surface area contributed by atoms with Gasteiger partial charge in [-0.15, -0.1) is 0 Å². The maximum absolute atomic E-state index is 11.5. The van der Waals surface area contributed by atoms with Crippen molar-refractivity contribution in [3.05, 3.63) is 133 Å². The summed E-state index contributed by atoms with van der Waals surface area (Å²) in [5.74, 6) is 1.93. The van der Waals surface area contributed by atoms with Crippen LogP contribution in [0.5, 0.6) is 5.75 Å². The van der Waals surface area contributed by atoms with E-state index in [1.54, 1.807) is 6.07 Å². The number of para-hydroxylation sites is 4. The molecule has 11 rings (SSSR count). The maximum atomic E-state index is 11.5. The number of aromatic nitrogens is 5. The molecule has 0 amide bonds. The first-order valence-corrected chi connectivity index (χ1v) is 17.3. The topological polar surface area (TPSA) is 60.3 Å². The van der Waals surface area contributed by atoms with Crippen molar-refractivity contribution in [1.29, 1.82) is 0 Å². The van der Waals surface area contributed by atoms with Crippen LogP contribution in [0.2, 0.25) is 0 Å². The summed E-state index contributed by atoms with van der Waals surface area (Å²) in [5, 5.41) is 18.9. The number of fused-ring (bicyclic) bond motifs is 9. The zero-order chi connectivity index (χ0) is 33.7. The van der Waals surface area contributed by atoms with E-state index >= 15 is 0 Å². The fourth-order valence-corrected chi connectivity index (χ4v) is 8.99. The zero-order valence-corrected chi connectivity index (χ0v) is 28.2. The van der Waals surface area contributed by atoms with E-state index in [0.717, 1.165) is 77.6 Å². The number of nitrogens with zero attached hydrogens (tertiary/aromatic N) is 5. The molecule has 6 nitrogen and oxygen atoms in total. The molecule has 0 unspecified atom stereocenters. The number of imidazole rings is 1. The number of aromatic hydroxyl groups is 1. The highest BCUT2D eigenvalue weighted by Gasteiger charge is 2.48. The molecule has 1 aliphatic rings. The van der Waals surface area contributed by atoms with Crippen molar-refractivity contribution in [2.75, 3.05) is 0 Å². The van der Waals surface area contributed by atoms with Crippen LogP contribution in [-0.4, -0.2) is 28.6 Å². The van der Waals surface area contributed by atoms with E-state index in [4.69, 9.17) is 9.97 Å².